The maximum atomic E-state index is 11.4. The highest BCUT2D eigenvalue weighted by Crippen LogP contribution is 2.06. The molecule has 5 nitrogen and oxygen atoms in total. The van der Waals surface area contributed by atoms with Gasteiger partial charge in [-0.3, -0.25) is 0 Å². The molecular formula is C11H24N2O3. The van der Waals surface area contributed by atoms with Crippen molar-refractivity contribution in [3.8, 4) is 0 Å². The summed E-state index contributed by atoms with van der Waals surface area (Å²) >= 11 is 0. The van der Waals surface area contributed by atoms with Crippen LogP contribution in [-0.4, -0.2) is 42.0 Å². The third-order valence-electron chi connectivity index (χ3n) is 1.65. The fraction of sp³-hybridized carbons (Fsp3) is 0.909. The molecule has 0 aliphatic carbocycles. The summed E-state index contributed by atoms with van der Waals surface area (Å²) in [5, 5.41) is 14.8. The third-order valence-corrected chi connectivity index (χ3v) is 1.65. The van der Waals surface area contributed by atoms with E-state index >= 15 is 0 Å². The number of aliphatic hydroxyl groups excluding tert-OH is 1. The van der Waals surface area contributed by atoms with E-state index in [0.29, 0.717) is 13.1 Å². The van der Waals surface area contributed by atoms with Crippen molar-refractivity contribution in [2.75, 3.05) is 13.1 Å². The summed E-state index contributed by atoms with van der Waals surface area (Å²) in [4.78, 5) is 11.4. The number of carbonyl (C=O) groups is 1. The van der Waals surface area contributed by atoms with Crippen LogP contribution in [0, 0.1) is 0 Å². The number of nitrogens with one attached hydrogen (secondary N) is 2. The predicted molar refractivity (Wildman–Crippen MR) is 63.4 cm³/mol. The van der Waals surface area contributed by atoms with Gasteiger partial charge in [-0.05, 0) is 34.6 Å². The molecule has 0 saturated heterocycles. The van der Waals surface area contributed by atoms with Gasteiger partial charge in [0.2, 0.25) is 0 Å². The van der Waals surface area contributed by atoms with Crippen LogP contribution in [0.2, 0.25) is 0 Å². The standard InChI is InChI=1S/C11H24N2O3/c1-8(6-12-7-9(2)14)13-10(15)16-11(3,4)5/h8-9,12,14H,6-7H2,1-5H3,(H,13,15)/t8-,9-/m0/s1. The van der Waals surface area contributed by atoms with Crippen molar-refractivity contribution >= 4 is 6.09 Å². The van der Waals surface area contributed by atoms with E-state index in [2.05, 4.69) is 10.6 Å². The Labute approximate surface area is 97.6 Å². The molecule has 0 aromatic carbocycles. The molecule has 0 aromatic rings. The number of carbonyl (C=O) groups excluding carboxylic acids is 1. The molecule has 3 N–H and O–H groups in total. The van der Waals surface area contributed by atoms with Gasteiger partial charge in [-0.15, -0.1) is 0 Å². The molecule has 0 radical (unpaired) electrons. The number of rotatable bonds is 5. The van der Waals surface area contributed by atoms with Gasteiger partial charge in [0.15, 0.2) is 0 Å². The van der Waals surface area contributed by atoms with Crippen LogP contribution in [0.5, 0.6) is 0 Å². The predicted octanol–water partition coefficient (Wildman–Crippen LogP) is 0.870. The van der Waals surface area contributed by atoms with Gasteiger partial charge in [0.25, 0.3) is 0 Å². The Morgan fingerprint density at radius 1 is 1.31 bits per heavy atom. The zero-order valence-corrected chi connectivity index (χ0v) is 10.8. The summed E-state index contributed by atoms with van der Waals surface area (Å²) in [6.07, 6.45) is -0.799. The van der Waals surface area contributed by atoms with E-state index in [9.17, 15) is 4.79 Å². The van der Waals surface area contributed by atoms with Gasteiger partial charge >= 0.3 is 6.09 Å². The Bertz CT molecular complexity index is 212. The third kappa shape index (κ3) is 9.73. The van der Waals surface area contributed by atoms with Crippen LogP contribution in [0.4, 0.5) is 4.79 Å². The van der Waals surface area contributed by atoms with Crippen LogP contribution in [0.25, 0.3) is 0 Å². The molecule has 2 atom stereocenters. The molecule has 0 spiro atoms. The topological polar surface area (TPSA) is 70.6 Å². The van der Waals surface area contributed by atoms with E-state index in [1.807, 2.05) is 27.7 Å². The minimum Gasteiger partial charge on any atom is -0.444 e. The summed E-state index contributed by atoms with van der Waals surface area (Å²) < 4.78 is 5.11. The van der Waals surface area contributed by atoms with Crippen LogP contribution in [0.15, 0.2) is 0 Å². The lowest BCUT2D eigenvalue weighted by Crippen LogP contribution is -2.43. The van der Waals surface area contributed by atoms with Crippen molar-refractivity contribution in [1.82, 2.24) is 10.6 Å². The number of aliphatic hydroxyl groups is 1. The number of amides is 1. The summed E-state index contributed by atoms with van der Waals surface area (Å²) in [6.45, 7) is 10.2. The lowest BCUT2D eigenvalue weighted by atomic mass is 10.2. The van der Waals surface area contributed by atoms with E-state index in [1.165, 1.54) is 0 Å². The maximum Gasteiger partial charge on any atom is 0.407 e. The Morgan fingerprint density at radius 3 is 2.31 bits per heavy atom. The fourth-order valence-electron chi connectivity index (χ4n) is 1.07. The second kappa shape index (κ2) is 6.70. The molecule has 0 bridgehead atoms. The molecule has 0 aliphatic rings. The molecular weight excluding hydrogens is 208 g/mol. The van der Waals surface area contributed by atoms with E-state index < -0.39 is 11.7 Å². The van der Waals surface area contributed by atoms with Crippen molar-refractivity contribution in [2.24, 2.45) is 0 Å². The normalized spacial score (nSPS) is 15.4. The Balaban J connectivity index is 3.70. The van der Waals surface area contributed by atoms with Crippen LogP contribution in [-0.2, 0) is 4.74 Å². The number of ether oxygens (including phenoxy) is 1. The highest BCUT2D eigenvalue weighted by atomic mass is 16.6. The van der Waals surface area contributed by atoms with Crippen molar-refractivity contribution < 1.29 is 14.6 Å². The molecule has 0 fully saturated rings. The first-order valence-electron chi connectivity index (χ1n) is 5.59. The second-order valence-electron chi connectivity index (χ2n) is 5.05. The highest BCUT2D eigenvalue weighted by Gasteiger charge is 2.17. The second-order valence-corrected chi connectivity index (χ2v) is 5.05. The minimum atomic E-state index is -0.475. The van der Waals surface area contributed by atoms with Gasteiger partial charge in [0.05, 0.1) is 6.10 Å². The molecule has 0 saturated carbocycles. The molecule has 5 heteroatoms. The van der Waals surface area contributed by atoms with E-state index in [4.69, 9.17) is 9.84 Å². The molecule has 0 unspecified atom stereocenters. The van der Waals surface area contributed by atoms with Crippen LogP contribution < -0.4 is 10.6 Å². The Morgan fingerprint density at radius 2 is 1.88 bits per heavy atom. The van der Waals surface area contributed by atoms with Crippen LogP contribution in [0.1, 0.15) is 34.6 Å². The zero-order valence-electron chi connectivity index (χ0n) is 10.8. The average Bonchev–Trinajstić information content (AvgIpc) is 1.98. The van der Waals surface area contributed by atoms with Gasteiger partial charge in [-0.1, -0.05) is 0 Å². The molecule has 1 amide bonds. The maximum absolute atomic E-state index is 11.4. The SMILES string of the molecule is C[C@H](O)CNC[C@H](C)NC(=O)OC(C)(C)C. The number of hydrogen-bond acceptors (Lipinski definition) is 4. The largest absolute Gasteiger partial charge is 0.444 e. The molecule has 96 valence electrons. The van der Waals surface area contributed by atoms with Crippen molar-refractivity contribution in [3.05, 3.63) is 0 Å². The first-order valence-corrected chi connectivity index (χ1v) is 5.59. The Kier molecular flexibility index (Phi) is 6.36. The number of hydrogen-bond donors (Lipinski definition) is 3. The fourth-order valence-corrected chi connectivity index (χ4v) is 1.07. The van der Waals surface area contributed by atoms with Crippen LogP contribution >= 0.6 is 0 Å². The first kappa shape index (κ1) is 15.2. The lowest BCUT2D eigenvalue weighted by Gasteiger charge is -2.22. The summed E-state index contributed by atoms with van der Waals surface area (Å²) in [5.74, 6) is 0. The summed E-state index contributed by atoms with van der Waals surface area (Å²) in [6, 6.07) is -0.0337. The summed E-state index contributed by atoms with van der Waals surface area (Å²) in [7, 11) is 0. The molecule has 0 aromatic heterocycles. The average molecular weight is 232 g/mol. The molecule has 0 aliphatic heterocycles. The van der Waals surface area contributed by atoms with Crippen molar-refractivity contribution in [1.29, 1.82) is 0 Å². The number of alkyl carbamates (subject to hydrolysis) is 1. The van der Waals surface area contributed by atoms with Gasteiger partial charge in [-0.25, -0.2) is 4.79 Å². The summed E-state index contributed by atoms with van der Waals surface area (Å²) in [5.41, 5.74) is -0.475. The van der Waals surface area contributed by atoms with Gasteiger partial charge in [0.1, 0.15) is 5.60 Å². The molecule has 16 heavy (non-hydrogen) atoms. The van der Waals surface area contributed by atoms with Crippen molar-refractivity contribution in [2.45, 2.75) is 52.4 Å². The van der Waals surface area contributed by atoms with Gasteiger partial charge in [-0.2, -0.15) is 0 Å². The monoisotopic (exact) mass is 232 g/mol. The first-order chi connectivity index (χ1) is 7.20. The van der Waals surface area contributed by atoms with Gasteiger partial charge in [0, 0.05) is 19.1 Å². The van der Waals surface area contributed by atoms with Gasteiger partial charge < -0.3 is 20.5 Å². The van der Waals surface area contributed by atoms with Crippen LogP contribution in [0.3, 0.4) is 0 Å². The lowest BCUT2D eigenvalue weighted by molar-refractivity contribution is 0.0508. The highest BCUT2D eigenvalue weighted by molar-refractivity contribution is 5.68. The molecule has 0 heterocycles. The van der Waals surface area contributed by atoms with E-state index in [1.54, 1.807) is 6.92 Å². The smallest absolute Gasteiger partial charge is 0.407 e. The zero-order chi connectivity index (χ0) is 12.8. The van der Waals surface area contributed by atoms with E-state index in [0.717, 1.165) is 0 Å². The van der Waals surface area contributed by atoms with E-state index in [-0.39, 0.29) is 12.1 Å². The minimum absolute atomic E-state index is 0.0337. The quantitative estimate of drug-likeness (QED) is 0.658. The Hall–Kier alpha value is -0.810. The van der Waals surface area contributed by atoms with Crippen molar-refractivity contribution in [3.63, 3.8) is 0 Å². The molecule has 0 rings (SSSR count).